The zero-order valence-electron chi connectivity index (χ0n) is 14.0. The molecule has 0 fully saturated rings. The summed E-state index contributed by atoms with van der Waals surface area (Å²) in [6, 6.07) is 11.1. The summed E-state index contributed by atoms with van der Waals surface area (Å²) in [6.45, 7) is 2.61. The van der Waals surface area contributed by atoms with Gasteiger partial charge in [-0.25, -0.2) is 0 Å². The van der Waals surface area contributed by atoms with Gasteiger partial charge in [-0.1, -0.05) is 23.7 Å². The Morgan fingerprint density at radius 2 is 1.88 bits per heavy atom. The van der Waals surface area contributed by atoms with E-state index in [1.807, 2.05) is 37.3 Å². The van der Waals surface area contributed by atoms with Crippen LogP contribution in [0.3, 0.4) is 0 Å². The Morgan fingerprint density at radius 3 is 2.58 bits per heavy atom. The van der Waals surface area contributed by atoms with Crippen LogP contribution >= 0.6 is 11.6 Å². The van der Waals surface area contributed by atoms with Gasteiger partial charge in [0.15, 0.2) is 11.5 Å². The number of methoxy groups -OCH3 is 2. The summed E-state index contributed by atoms with van der Waals surface area (Å²) in [5.74, 6) is 1.21. The van der Waals surface area contributed by atoms with Gasteiger partial charge in [-0.2, -0.15) is 0 Å². The Kier molecular flexibility index (Phi) is 6.46. The van der Waals surface area contributed by atoms with Gasteiger partial charge in [0.25, 0.3) is 0 Å². The Balaban J connectivity index is 1.87. The molecule has 2 aromatic carbocycles. The molecule has 2 rings (SSSR count). The van der Waals surface area contributed by atoms with Crippen LogP contribution in [0, 0.1) is 6.92 Å². The first-order chi connectivity index (χ1) is 11.5. The molecule has 0 spiro atoms. The van der Waals surface area contributed by atoms with Crippen molar-refractivity contribution in [2.75, 3.05) is 26.1 Å². The molecule has 5 nitrogen and oxygen atoms in total. The predicted molar refractivity (Wildman–Crippen MR) is 96.1 cm³/mol. The second kappa shape index (κ2) is 8.57. The molecular formula is C18H21ClN2O3. The van der Waals surface area contributed by atoms with Crippen molar-refractivity contribution in [2.24, 2.45) is 0 Å². The zero-order valence-corrected chi connectivity index (χ0v) is 14.7. The van der Waals surface area contributed by atoms with Crippen molar-refractivity contribution in [3.63, 3.8) is 0 Å². The predicted octanol–water partition coefficient (Wildman–Crippen LogP) is 3.39. The Bertz CT molecular complexity index is 719. The number of rotatable bonds is 7. The maximum atomic E-state index is 12.0. The quantitative estimate of drug-likeness (QED) is 0.805. The maximum Gasteiger partial charge on any atom is 0.238 e. The summed E-state index contributed by atoms with van der Waals surface area (Å²) in [7, 11) is 3.19. The van der Waals surface area contributed by atoms with Crippen LogP contribution in [-0.4, -0.2) is 26.7 Å². The molecule has 6 heteroatoms. The van der Waals surface area contributed by atoms with Gasteiger partial charge in [0, 0.05) is 17.3 Å². The lowest BCUT2D eigenvalue weighted by Crippen LogP contribution is -2.28. The number of halogens is 1. The lowest BCUT2D eigenvalue weighted by molar-refractivity contribution is -0.115. The molecular weight excluding hydrogens is 328 g/mol. The number of carbonyl (C=O) groups excluding carboxylic acids is 1. The zero-order chi connectivity index (χ0) is 17.5. The molecule has 0 atom stereocenters. The largest absolute Gasteiger partial charge is 0.493 e. The highest BCUT2D eigenvalue weighted by atomic mass is 35.5. The molecule has 0 aromatic heterocycles. The molecule has 0 saturated carbocycles. The number of carbonyl (C=O) groups is 1. The average molecular weight is 349 g/mol. The number of amides is 1. The van der Waals surface area contributed by atoms with Crippen LogP contribution in [0.15, 0.2) is 36.4 Å². The van der Waals surface area contributed by atoms with E-state index in [1.165, 1.54) is 0 Å². The van der Waals surface area contributed by atoms with Crippen LogP contribution in [-0.2, 0) is 11.3 Å². The fourth-order valence-corrected chi connectivity index (χ4v) is 2.42. The highest BCUT2D eigenvalue weighted by molar-refractivity contribution is 6.31. The SMILES string of the molecule is COc1ccc(CNCC(=O)Nc2cccc(Cl)c2C)cc1OC. The van der Waals surface area contributed by atoms with E-state index < -0.39 is 0 Å². The monoisotopic (exact) mass is 348 g/mol. The molecule has 0 heterocycles. The van der Waals surface area contributed by atoms with Gasteiger partial charge in [-0.05, 0) is 42.3 Å². The van der Waals surface area contributed by atoms with Gasteiger partial charge in [0.2, 0.25) is 5.91 Å². The third-order valence-electron chi connectivity index (χ3n) is 3.60. The van der Waals surface area contributed by atoms with Crippen LogP contribution < -0.4 is 20.1 Å². The molecule has 0 aliphatic carbocycles. The van der Waals surface area contributed by atoms with E-state index in [0.29, 0.717) is 23.1 Å². The van der Waals surface area contributed by atoms with Crippen LogP contribution in [0.25, 0.3) is 0 Å². The summed E-state index contributed by atoms with van der Waals surface area (Å²) in [5.41, 5.74) is 2.58. The van der Waals surface area contributed by atoms with Crippen LogP contribution in [0.4, 0.5) is 5.69 Å². The van der Waals surface area contributed by atoms with E-state index in [-0.39, 0.29) is 12.5 Å². The Morgan fingerprint density at radius 1 is 1.12 bits per heavy atom. The minimum absolute atomic E-state index is 0.124. The van der Waals surface area contributed by atoms with E-state index in [9.17, 15) is 4.79 Å². The van der Waals surface area contributed by atoms with Gasteiger partial charge in [-0.3, -0.25) is 4.79 Å². The van der Waals surface area contributed by atoms with Gasteiger partial charge >= 0.3 is 0 Å². The van der Waals surface area contributed by atoms with E-state index in [1.54, 1.807) is 20.3 Å². The molecule has 0 aliphatic heterocycles. The van der Waals surface area contributed by atoms with E-state index in [4.69, 9.17) is 21.1 Å². The second-order valence-electron chi connectivity index (χ2n) is 5.25. The van der Waals surface area contributed by atoms with Crippen LogP contribution in [0.1, 0.15) is 11.1 Å². The first-order valence-electron chi connectivity index (χ1n) is 7.51. The standard InChI is InChI=1S/C18H21ClN2O3/c1-12-14(19)5-4-6-15(12)21-18(22)11-20-10-13-7-8-16(23-2)17(9-13)24-3/h4-9,20H,10-11H2,1-3H3,(H,21,22). The molecule has 0 radical (unpaired) electrons. The summed E-state index contributed by atoms with van der Waals surface area (Å²) >= 11 is 6.05. The molecule has 2 N–H and O–H groups in total. The minimum Gasteiger partial charge on any atom is -0.493 e. The summed E-state index contributed by atoms with van der Waals surface area (Å²) in [5, 5.41) is 6.58. The molecule has 0 bridgehead atoms. The van der Waals surface area contributed by atoms with Crippen molar-refractivity contribution < 1.29 is 14.3 Å². The van der Waals surface area contributed by atoms with Crippen molar-refractivity contribution in [3.05, 3.63) is 52.5 Å². The Labute approximate surface area is 146 Å². The first-order valence-corrected chi connectivity index (χ1v) is 7.89. The van der Waals surface area contributed by atoms with E-state index in [0.717, 1.165) is 16.8 Å². The molecule has 128 valence electrons. The lowest BCUT2D eigenvalue weighted by Gasteiger charge is -2.11. The van der Waals surface area contributed by atoms with Gasteiger partial charge in [0.1, 0.15) is 0 Å². The molecule has 1 amide bonds. The van der Waals surface area contributed by atoms with E-state index in [2.05, 4.69) is 10.6 Å². The lowest BCUT2D eigenvalue weighted by atomic mass is 10.2. The van der Waals surface area contributed by atoms with Crippen molar-refractivity contribution in [1.82, 2.24) is 5.32 Å². The minimum atomic E-state index is -0.124. The third kappa shape index (κ3) is 4.63. The van der Waals surface area contributed by atoms with Crippen LogP contribution in [0.2, 0.25) is 5.02 Å². The topological polar surface area (TPSA) is 59.6 Å². The van der Waals surface area contributed by atoms with Gasteiger partial charge in [0.05, 0.1) is 20.8 Å². The summed E-state index contributed by atoms with van der Waals surface area (Å²) in [6.07, 6.45) is 0. The number of benzene rings is 2. The smallest absolute Gasteiger partial charge is 0.238 e. The first kappa shape index (κ1) is 18.1. The summed E-state index contributed by atoms with van der Waals surface area (Å²) in [4.78, 5) is 12.0. The third-order valence-corrected chi connectivity index (χ3v) is 4.01. The van der Waals surface area contributed by atoms with Gasteiger partial charge in [-0.15, -0.1) is 0 Å². The van der Waals surface area contributed by atoms with Crippen molar-refractivity contribution in [2.45, 2.75) is 13.5 Å². The van der Waals surface area contributed by atoms with Crippen LogP contribution in [0.5, 0.6) is 11.5 Å². The average Bonchev–Trinajstić information content (AvgIpc) is 2.58. The second-order valence-corrected chi connectivity index (χ2v) is 5.66. The summed E-state index contributed by atoms with van der Waals surface area (Å²) < 4.78 is 10.5. The molecule has 24 heavy (non-hydrogen) atoms. The molecule has 0 unspecified atom stereocenters. The normalized spacial score (nSPS) is 10.3. The molecule has 0 saturated heterocycles. The fourth-order valence-electron chi connectivity index (χ4n) is 2.25. The van der Waals surface area contributed by atoms with E-state index >= 15 is 0 Å². The maximum absolute atomic E-state index is 12.0. The van der Waals surface area contributed by atoms with Crippen molar-refractivity contribution in [3.8, 4) is 11.5 Å². The number of nitrogens with one attached hydrogen (secondary N) is 2. The highest BCUT2D eigenvalue weighted by Gasteiger charge is 2.08. The molecule has 2 aromatic rings. The number of anilines is 1. The number of ether oxygens (including phenoxy) is 2. The van der Waals surface area contributed by atoms with Crippen molar-refractivity contribution >= 4 is 23.2 Å². The fraction of sp³-hybridized carbons (Fsp3) is 0.278. The number of hydrogen-bond acceptors (Lipinski definition) is 4. The molecule has 0 aliphatic rings. The highest BCUT2D eigenvalue weighted by Crippen LogP contribution is 2.27. The number of hydrogen-bond donors (Lipinski definition) is 2. The van der Waals surface area contributed by atoms with Crippen molar-refractivity contribution in [1.29, 1.82) is 0 Å². The van der Waals surface area contributed by atoms with Gasteiger partial charge < -0.3 is 20.1 Å². The Hall–Kier alpha value is -2.24.